The number of rotatable bonds is 6. The Kier molecular flexibility index (Phi) is 6.98. The average Bonchev–Trinajstić information content (AvgIpc) is 2.78. The predicted molar refractivity (Wildman–Crippen MR) is 81.6 cm³/mol. The predicted octanol–water partition coefficient (Wildman–Crippen LogP) is 1.87. The fraction of sp³-hybridized carbons (Fsp3) is 1.00. The molecular formula is C14H28BrN3. The standard InChI is InChI=1S/C14H28BrN3/c15-5-12-18-11-4-10-17(13-14-18)9-3-8-16-6-1-2-7-16/h1-14H2. The van der Waals surface area contributed by atoms with Crippen molar-refractivity contribution in [2.45, 2.75) is 25.7 Å². The van der Waals surface area contributed by atoms with Gasteiger partial charge in [-0.15, -0.1) is 0 Å². The van der Waals surface area contributed by atoms with Crippen molar-refractivity contribution in [3.05, 3.63) is 0 Å². The van der Waals surface area contributed by atoms with E-state index in [0.717, 1.165) is 5.33 Å². The molecule has 18 heavy (non-hydrogen) atoms. The summed E-state index contributed by atoms with van der Waals surface area (Å²) in [6.45, 7) is 11.6. The molecule has 0 aliphatic carbocycles. The first kappa shape index (κ1) is 14.8. The first-order valence-corrected chi connectivity index (χ1v) is 8.73. The quantitative estimate of drug-likeness (QED) is 0.693. The Morgan fingerprint density at radius 3 is 1.72 bits per heavy atom. The maximum atomic E-state index is 3.54. The van der Waals surface area contributed by atoms with Gasteiger partial charge in [-0.2, -0.15) is 0 Å². The van der Waals surface area contributed by atoms with Crippen LogP contribution in [-0.4, -0.2) is 78.9 Å². The minimum absolute atomic E-state index is 1.11. The zero-order valence-corrected chi connectivity index (χ0v) is 13.2. The lowest BCUT2D eigenvalue weighted by atomic mass is 10.3. The molecule has 106 valence electrons. The Bertz CT molecular complexity index is 219. The molecule has 0 spiro atoms. The first-order chi connectivity index (χ1) is 8.88. The summed E-state index contributed by atoms with van der Waals surface area (Å²) < 4.78 is 0. The van der Waals surface area contributed by atoms with Crippen LogP contribution < -0.4 is 0 Å². The van der Waals surface area contributed by atoms with E-state index in [1.807, 2.05) is 0 Å². The van der Waals surface area contributed by atoms with Crippen molar-refractivity contribution >= 4 is 15.9 Å². The molecule has 2 rings (SSSR count). The topological polar surface area (TPSA) is 9.72 Å². The lowest BCUT2D eigenvalue weighted by Crippen LogP contribution is -2.33. The molecule has 0 N–H and O–H groups in total. The van der Waals surface area contributed by atoms with Gasteiger partial charge in [-0.25, -0.2) is 0 Å². The van der Waals surface area contributed by atoms with Gasteiger partial charge in [0.1, 0.15) is 0 Å². The molecule has 2 fully saturated rings. The second-order valence-corrected chi connectivity index (χ2v) is 6.42. The van der Waals surface area contributed by atoms with Crippen molar-refractivity contribution in [3.8, 4) is 0 Å². The lowest BCUT2D eigenvalue weighted by Gasteiger charge is -2.22. The third kappa shape index (κ3) is 5.16. The van der Waals surface area contributed by atoms with Crippen molar-refractivity contribution in [1.29, 1.82) is 0 Å². The van der Waals surface area contributed by atoms with E-state index in [2.05, 4.69) is 30.6 Å². The number of hydrogen-bond donors (Lipinski definition) is 0. The first-order valence-electron chi connectivity index (χ1n) is 7.61. The SMILES string of the molecule is BrCCN1CCCN(CCCN2CCCC2)CC1. The fourth-order valence-electron chi connectivity index (χ4n) is 3.12. The summed E-state index contributed by atoms with van der Waals surface area (Å²) in [5, 5.41) is 1.11. The molecule has 0 amide bonds. The average molecular weight is 318 g/mol. The molecule has 0 aromatic heterocycles. The lowest BCUT2D eigenvalue weighted by molar-refractivity contribution is 0.243. The molecule has 2 saturated heterocycles. The highest BCUT2D eigenvalue weighted by atomic mass is 79.9. The van der Waals surface area contributed by atoms with Crippen molar-refractivity contribution in [2.75, 3.05) is 64.2 Å². The van der Waals surface area contributed by atoms with Crippen molar-refractivity contribution in [2.24, 2.45) is 0 Å². The maximum absolute atomic E-state index is 3.54. The number of nitrogens with zero attached hydrogens (tertiary/aromatic N) is 3. The molecule has 0 saturated carbocycles. The minimum atomic E-state index is 1.11. The summed E-state index contributed by atoms with van der Waals surface area (Å²) in [6.07, 6.45) is 5.55. The normalized spacial score (nSPS) is 24.5. The molecule has 4 heteroatoms. The van der Waals surface area contributed by atoms with Crippen LogP contribution in [0.5, 0.6) is 0 Å². The Morgan fingerprint density at radius 1 is 0.611 bits per heavy atom. The van der Waals surface area contributed by atoms with E-state index >= 15 is 0 Å². The number of alkyl halides is 1. The molecule has 0 bridgehead atoms. The Labute approximate surface area is 121 Å². The number of halogens is 1. The number of hydrogen-bond acceptors (Lipinski definition) is 3. The largest absolute Gasteiger partial charge is 0.303 e. The van der Waals surface area contributed by atoms with Crippen LogP contribution in [-0.2, 0) is 0 Å². The second kappa shape index (κ2) is 8.51. The summed E-state index contributed by atoms with van der Waals surface area (Å²) in [5.41, 5.74) is 0. The van der Waals surface area contributed by atoms with Gasteiger partial charge >= 0.3 is 0 Å². The molecule has 0 aromatic carbocycles. The van der Waals surface area contributed by atoms with Crippen LogP contribution in [0.4, 0.5) is 0 Å². The van der Waals surface area contributed by atoms with Crippen molar-refractivity contribution in [1.82, 2.24) is 14.7 Å². The maximum Gasteiger partial charge on any atom is 0.0159 e. The van der Waals surface area contributed by atoms with Crippen LogP contribution in [0.3, 0.4) is 0 Å². The highest BCUT2D eigenvalue weighted by Crippen LogP contribution is 2.09. The summed E-state index contributed by atoms with van der Waals surface area (Å²) in [5.74, 6) is 0. The fourth-order valence-corrected chi connectivity index (χ4v) is 3.62. The van der Waals surface area contributed by atoms with Crippen LogP contribution in [0.2, 0.25) is 0 Å². The van der Waals surface area contributed by atoms with E-state index in [0.29, 0.717) is 0 Å². The third-order valence-corrected chi connectivity index (χ3v) is 4.58. The van der Waals surface area contributed by atoms with Gasteiger partial charge in [0, 0.05) is 25.0 Å². The zero-order chi connectivity index (χ0) is 12.6. The van der Waals surface area contributed by atoms with Gasteiger partial charge in [-0.05, 0) is 65.0 Å². The molecule has 2 aliphatic rings. The Balaban J connectivity index is 1.58. The third-order valence-electron chi connectivity index (χ3n) is 4.23. The Morgan fingerprint density at radius 2 is 1.11 bits per heavy atom. The van der Waals surface area contributed by atoms with E-state index in [1.54, 1.807) is 0 Å². The summed E-state index contributed by atoms with van der Waals surface area (Å²) >= 11 is 3.54. The Hall–Kier alpha value is 0.360. The van der Waals surface area contributed by atoms with E-state index in [9.17, 15) is 0 Å². The van der Waals surface area contributed by atoms with Crippen LogP contribution in [0.1, 0.15) is 25.7 Å². The molecule has 0 radical (unpaired) electrons. The second-order valence-electron chi connectivity index (χ2n) is 5.63. The summed E-state index contributed by atoms with van der Waals surface area (Å²) in [4.78, 5) is 7.90. The number of likely N-dealkylation sites (tertiary alicyclic amines) is 1. The minimum Gasteiger partial charge on any atom is -0.303 e. The van der Waals surface area contributed by atoms with Crippen LogP contribution >= 0.6 is 15.9 Å². The van der Waals surface area contributed by atoms with E-state index in [4.69, 9.17) is 0 Å². The van der Waals surface area contributed by atoms with Gasteiger partial charge in [0.2, 0.25) is 0 Å². The van der Waals surface area contributed by atoms with E-state index in [1.165, 1.54) is 84.6 Å². The molecule has 0 aromatic rings. The van der Waals surface area contributed by atoms with Crippen LogP contribution in [0.15, 0.2) is 0 Å². The molecule has 0 unspecified atom stereocenters. The molecular weight excluding hydrogens is 290 g/mol. The van der Waals surface area contributed by atoms with E-state index in [-0.39, 0.29) is 0 Å². The van der Waals surface area contributed by atoms with Crippen molar-refractivity contribution < 1.29 is 0 Å². The van der Waals surface area contributed by atoms with Gasteiger partial charge in [0.25, 0.3) is 0 Å². The van der Waals surface area contributed by atoms with Gasteiger partial charge in [-0.3, -0.25) is 0 Å². The molecule has 2 aliphatic heterocycles. The summed E-state index contributed by atoms with van der Waals surface area (Å²) in [7, 11) is 0. The van der Waals surface area contributed by atoms with Crippen molar-refractivity contribution in [3.63, 3.8) is 0 Å². The smallest absolute Gasteiger partial charge is 0.0159 e. The highest BCUT2D eigenvalue weighted by molar-refractivity contribution is 9.09. The zero-order valence-electron chi connectivity index (χ0n) is 11.6. The summed E-state index contributed by atoms with van der Waals surface area (Å²) in [6, 6.07) is 0. The van der Waals surface area contributed by atoms with Crippen LogP contribution in [0.25, 0.3) is 0 Å². The molecule has 3 nitrogen and oxygen atoms in total. The van der Waals surface area contributed by atoms with Gasteiger partial charge in [-0.1, -0.05) is 15.9 Å². The highest BCUT2D eigenvalue weighted by Gasteiger charge is 2.15. The van der Waals surface area contributed by atoms with Crippen LogP contribution in [0, 0.1) is 0 Å². The van der Waals surface area contributed by atoms with Gasteiger partial charge < -0.3 is 14.7 Å². The molecule has 0 atom stereocenters. The monoisotopic (exact) mass is 317 g/mol. The van der Waals surface area contributed by atoms with Gasteiger partial charge in [0.05, 0.1) is 0 Å². The molecule has 2 heterocycles. The van der Waals surface area contributed by atoms with E-state index < -0.39 is 0 Å². The van der Waals surface area contributed by atoms with Gasteiger partial charge in [0.15, 0.2) is 0 Å².